The fraction of sp³-hybridized carbons (Fsp3) is 0.500. The van der Waals surface area contributed by atoms with Gasteiger partial charge in [0.05, 0.1) is 6.54 Å². The molecule has 0 spiro atoms. The third kappa shape index (κ3) is 1.04. The molecule has 64 valence electrons. The van der Waals surface area contributed by atoms with Crippen LogP contribution in [0.15, 0.2) is 6.58 Å². The van der Waals surface area contributed by atoms with Crippen molar-refractivity contribution in [2.24, 2.45) is 0 Å². The largest absolute Gasteiger partial charge is 0.309 e. The van der Waals surface area contributed by atoms with Crippen LogP contribution in [0.3, 0.4) is 0 Å². The Bertz CT molecular complexity index is 313. The van der Waals surface area contributed by atoms with E-state index in [-0.39, 0.29) is 0 Å². The van der Waals surface area contributed by atoms with Crippen molar-refractivity contribution in [3.8, 4) is 0 Å². The molecule has 2 rings (SSSR count). The summed E-state index contributed by atoms with van der Waals surface area (Å²) in [5.41, 5.74) is 0.982. The van der Waals surface area contributed by atoms with Gasteiger partial charge >= 0.3 is 0 Å². The van der Waals surface area contributed by atoms with Gasteiger partial charge in [-0.2, -0.15) is 0 Å². The average molecular weight is 164 g/mol. The van der Waals surface area contributed by atoms with Crippen molar-refractivity contribution in [2.45, 2.75) is 20.0 Å². The number of allylic oxidation sites excluding steroid dienone is 1. The Morgan fingerprint density at radius 3 is 3.17 bits per heavy atom. The number of aromatic nitrogens is 3. The lowest BCUT2D eigenvalue weighted by Crippen LogP contribution is -2.28. The second-order valence-corrected chi connectivity index (χ2v) is 3.05. The highest BCUT2D eigenvalue weighted by Gasteiger charge is 2.14. The number of nitrogens with one attached hydrogen (secondary N) is 1. The molecule has 1 N–H and O–H groups in total. The first-order valence-electron chi connectivity index (χ1n) is 4.07. The molecule has 4 heteroatoms. The Morgan fingerprint density at radius 2 is 2.42 bits per heavy atom. The molecule has 2 heterocycles. The van der Waals surface area contributed by atoms with Crippen LogP contribution >= 0.6 is 0 Å². The van der Waals surface area contributed by atoms with E-state index in [1.807, 2.05) is 6.92 Å². The highest BCUT2D eigenvalue weighted by atomic mass is 15.3. The van der Waals surface area contributed by atoms with Crippen LogP contribution in [0.25, 0.3) is 5.57 Å². The third-order valence-electron chi connectivity index (χ3n) is 2.00. The van der Waals surface area contributed by atoms with Crippen LogP contribution < -0.4 is 5.32 Å². The lowest BCUT2D eigenvalue weighted by atomic mass is 10.3. The zero-order valence-electron chi connectivity index (χ0n) is 7.17. The van der Waals surface area contributed by atoms with Gasteiger partial charge in [0.1, 0.15) is 5.82 Å². The van der Waals surface area contributed by atoms with E-state index >= 15 is 0 Å². The van der Waals surface area contributed by atoms with E-state index in [1.165, 1.54) is 0 Å². The minimum atomic E-state index is 0.820. The molecule has 0 aromatic carbocycles. The van der Waals surface area contributed by atoms with Crippen LogP contribution in [-0.4, -0.2) is 21.3 Å². The molecular weight excluding hydrogens is 152 g/mol. The van der Waals surface area contributed by atoms with Gasteiger partial charge in [-0.25, -0.2) is 0 Å². The third-order valence-corrected chi connectivity index (χ3v) is 2.00. The number of fused-ring (bicyclic) bond motifs is 1. The molecule has 0 saturated heterocycles. The van der Waals surface area contributed by atoms with Crippen LogP contribution in [0.1, 0.15) is 18.6 Å². The summed E-state index contributed by atoms with van der Waals surface area (Å²) in [5, 5.41) is 11.4. The summed E-state index contributed by atoms with van der Waals surface area (Å²) < 4.78 is 2.12. The summed E-state index contributed by atoms with van der Waals surface area (Å²) >= 11 is 0. The summed E-state index contributed by atoms with van der Waals surface area (Å²) in [6.07, 6.45) is 0. The van der Waals surface area contributed by atoms with Gasteiger partial charge in [-0.15, -0.1) is 10.2 Å². The SMILES string of the molecule is C=C(C)c1nnc2n1CCNC2. The molecular formula is C8H12N4. The molecule has 1 aromatic heterocycles. The molecule has 0 aliphatic carbocycles. The average Bonchev–Trinajstić information content (AvgIpc) is 2.47. The van der Waals surface area contributed by atoms with Gasteiger partial charge in [0.15, 0.2) is 5.82 Å². The molecule has 0 atom stereocenters. The highest BCUT2D eigenvalue weighted by Crippen LogP contribution is 2.12. The van der Waals surface area contributed by atoms with Gasteiger partial charge in [0, 0.05) is 13.1 Å². The fourth-order valence-corrected chi connectivity index (χ4v) is 1.41. The van der Waals surface area contributed by atoms with Crippen LogP contribution in [0.2, 0.25) is 0 Å². The van der Waals surface area contributed by atoms with Crippen molar-refractivity contribution in [1.82, 2.24) is 20.1 Å². The Morgan fingerprint density at radius 1 is 1.58 bits per heavy atom. The smallest absolute Gasteiger partial charge is 0.159 e. The van der Waals surface area contributed by atoms with Crippen LogP contribution in [0.4, 0.5) is 0 Å². The lowest BCUT2D eigenvalue weighted by Gasteiger charge is -2.15. The molecule has 1 aliphatic heterocycles. The summed E-state index contributed by atoms with van der Waals surface area (Å²) in [5.74, 6) is 1.94. The molecule has 0 amide bonds. The lowest BCUT2D eigenvalue weighted by molar-refractivity contribution is 0.502. The number of hydrogen-bond donors (Lipinski definition) is 1. The summed E-state index contributed by atoms with van der Waals surface area (Å²) in [6.45, 7) is 8.58. The minimum absolute atomic E-state index is 0.820. The summed E-state index contributed by atoms with van der Waals surface area (Å²) in [6, 6.07) is 0. The Balaban J connectivity index is 2.44. The normalized spacial score (nSPS) is 15.8. The molecule has 0 fully saturated rings. The Kier molecular flexibility index (Phi) is 1.69. The van der Waals surface area contributed by atoms with Crippen molar-refractivity contribution < 1.29 is 0 Å². The van der Waals surface area contributed by atoms with E-state index < -0.39 is 0 Å². The van der Waals surface area contributed by atoms with Gasteiger partial charge in [-0.1, -0.05) is 6.58 Å². The molecule has 1 aromatic rings. The van der Waals surface area contributed by atoms with E-state index in [0.717, 1.165) is 36.9 Å². The van der Waals surface area contributed by atoms with Crippen LogP contribution in [0.5, 0.6) is 0 Å². The molecule has 12 heavy (non-hydrogen) atoms. The van der Waals surface area contributed by atoms with E-state index in [1.54, 1.807) is 0 Å². The van der Waals surface area contributed by atoms with Gasteiger partial charge in [-0.05, 0) is 12.5 Å². The molecule has 0 unspecified atom stereocenters. The predicted octanol–water partition coefficient (Wildman–Crippen LogP) is 0.414. The molecule has 1 aliphatic rings. The maximum Gasteiger partial charge on any atom is 0.159 e. The quantitative estimate of drug-likeness (QED) is 0.654. The van der Waals surface area contributed by atoms with Crippen LogP contribution in [-0.2, 0) is 13.1 Å². The van der Waals surface area contributed by atoms with E-state index in [9.17, 15) is 0 Å². The Hall–Kier alpha value is -1.16. The van der Waals surface area contributed by atoms with E-state index in [2.05, 4.69) is 26.7 Å². The highest BCUT2D eigenvalue weighted by molar-refractivity contribution is 5.54. The summed E-state index contributed by atoms with van der Waals surface area (Å²) in [7, 11) is 0. The van der Waals surface area contributed by atoms with Gasteiger partial charge in [-0.3, -0.25) is 0 Å². The van der Waals surface area contributed by atoms with Crippen molar-refractivity contribution in [1.29, 1.82) is 0 Å². The van der Waals surface area contributed by atoms with E-state index in [4.69, 9.17) is 0 Å². The van der Waals surface area contributed by atoms with Crippen molar-refractivity contribution in [3.05, 3.63) is 18.2 Å². The monoisotopic (exact) mass is 164 g/mol. The maximum atomic E-state index is 4.07. The van der Waals surface area contributed by atoms with E-state index in [0.29, 0.717) is 0 Å². The maximum absolute atomic E-state index is 4.07. The number of hydrogen-bond acceptors (Lipinski definition) is 3. The predicted molar refractivity (Wildman–Crippen MR) is 46.4 cm³/mol. The molecule has 4 nitrogen and oxygen atoms in total. The van der Waals surface area contributed by atoms with Gasteiger partial charge in [0.2, 0.25) is 0 Å². The second kappa shape index (κ2) is 2.71. The minimum Gasteiger partial charge on any atom is -0.309 e. The zero-order valence-corrected chi connectivity index (χ0v) is 7.17. The first-order chi connectivity index (χ1) is 5.79. The van der Waals surface area contributed by atoms with Gasteiger partial charge in [0.25, 0.3) is 0 Å². The molecule has 0 saturated carbocycles. The topological polar surface area (TPSA) is 42.7 Å². The van der Waals surface area contributed by atoms with Crippen LogP contribution in [0, 0.1) is 0 Å². The number of nitrogens with zero attached hydrogens (tertiary/aromatic N) is 3. The first-order valence-corrected chi connectivity index (χ1v) is 4.07. The van der Waals surface area contributed by atoms with Crippen molar-refractivity contribution >= 4 is 5.57 Å². The van der Waals surface area contributed by atoms with Crippen molar-refractivity contribution in [3.63, 3.8) is 0 Å². The van der Waals surface area contributed by atoms with Gasteiger partial charge < -0.3 is 9.88 Å². The number of rotatable bonds is 1. The fourth-order valence-electron chi connectivity index (χ4n) is 1.41. The first kappa shape index (κ1) is 7.49. The molecule has 0 bridgehead atoms. The second-order valence-electron chi connectivity index (χ2n) is 3.05. The summed E-state index contributed by atoms with van der Waals surface area (Å²) in [4.78, 5) is 0. The standard InChI is InChI=1S/C8H12N4/c1-6(2)8-11-10-7-5-9-3-4-12(7)8/h9H,1,3-5H2,2H3. The zero-order chi connectivity index (χ0) is 8.55. The Labute approximate surface area is 71.3 Å². The molecule has 0 radical (unpaired) electrons. The van der Waals surface area contributed by atoms with Crippen molar-refractivity contribution in [2.75, 3.05) is 6.54 Å².